The maximum Gasteiger partial charge on any atom is 0.156 e. The minimum atomic E-state index is 0.0278. The van der Waals surface area contributed by atoms with Crippen molar-refractivity contribution in [3.8, 4) is 0 Å². The Bertz CT molecular complexity index is 675. The Balaban J connectivity index is 1.77. The SMILES string of the molecule is CC(=O)C1CCC2C3C=C(Cl)C4=CC(=O)CCC4(C)C3CCC12C. The van der Waals surface area contributed by atoms with Crippen LogP contribution < -0.4 is 0 Å². The second kappa shape index (κ2) is 5.30. The van der Waals surface area contributed by atoms with Crippen LogP contribution >= 0.6 is 11.6 Å². The summed E-state index contributed by atoms with van der Waals surface area (Å²) in [4.78, 5) is 24.1. The lowest BCUT2D eigenvalue weighted by Crippen LogP contribution is -2.50. The molecule has 0 aromatic carbocycles. The first-order chi connectivity index (χ1) is 11.3. The first-order valence-electron chi connectivity index (χ1n) is 9.40. The van der Waals surface area contributed by atoms with Crippen LogP contribution in [0.4, 0.5) is 0 Å². The van der Waals surface area contributed by atoms with E-state index >= 15 is 0 Å². The zero-order chi connectivity index (χ0) is 17.3. The van der Waals surface area contributed by atoms with E-state index in [1.54, 1.807) is 13.0 Å². The average molecular weight is 347 g/mol. The van der Waals surface area contributed by atoms with Gasteiger partial charge in [0, 0.05) is 17.4 Å². The van der Waals surface area contributed by atoms with Crippen LogP contribution in [0.25, 0.3) is 0 Å². The molecule has 2 fully saturated rings. The van der Waals surface area contributed by atoms with Gasteiger partial charge in [-0.05, 0) is 79.3 Å². The normalized spacial score (nSPS) is 47.2. The van der Waals surface area contributed by atoms with Crippen molar-refractivity contribution in [3.05, 3.63) is 22.8 Å². The van der Waals surface area contributed by atoms with E-state index in [1.807, 2.05) is 0 Å². The van der Waals surface area contributed by atoms with E-state index in [4.69, 9.17) is 11.6 Å². The van der Waals surface area contributed by atoms with Crippen LogP contribution in [0.15, 0.2) is 22.8 Å². The second-order valence-corrected chi connectivity index (χ2v) is 9.44. The summed E-state index contributed by atoms with van der Waals surface area (Å²) in [5, 5.41) is 0.794. The third-order valence-corrected chi connectivity index (χ3v) is 8.38. The molecule has 0 bridgehead atoms. The van der Waals surface area contributed by atoms with Gasteiger partial charge in [-0.15, -0.1) is 0 Å². The molecule has 4 rings (SSSR count). The van der Waals surface area contributed by atoms with Crippen LogP contribution in [-0.2, 0) is 9.59 Å². The van der Waals surface area contributed by atoms with Crippen molar-refractivity contribution < 1.29 is 9.59 Å². The molecule has 0 radical (unpaired) electrons. The standard InChI is InChI=1S/C21H27ClO2/c1-12(23)15-4-5-16-14-11-19(22)18-10-13(24)6-8-21(18,3)17(14)7-9-20(15,16)2/h10-11,14-17H,4-9H2,1-3H3. The summed E-state index contributed by atoms with van der Waals surface area (Å²) in [5.74, 6) is 2.35. The molecule has 2 saturated carbocycles. The van der Waals surface area contributed by atoms with Gasteiger partial charge in [-0.1, -0.05) is 31.5 Å². The minimum Gasteiger partial charge on any atom is -0.300 e. The molecular formula is C21H27ClO2. The van der Waals surface area contributed by atoms with E-state index in [1.165, 1.54) is 0 Å². The highest BCUT2D eigenvalue weighted by Crippen LogP contribution is 2.66. The van der Waals surface area contributed by atoms with Crippen molar-refractivity contribution in [1.82, 2.24) is 0 Å². The molecule has 0 aromatic rings. The molecule has 2 nitrogen and oxygen atoms in total. The lowest BCUT2D eigenvalue weighted by molar-refractivity contribution is -0.127. The van der Waals surface area contributed by atoms with Gasteiger partial charge in [0.25, 0.3) is 0 Å². The van der Waals surface area contributed by atoms with E-state index in [-0.39, 0.29) is 22.5 Å². The highest BCUT2D eigenvalue weighted by atomic mass is 35.5. The molecule has 4 aliphatic carbocycles. The van der Waals surface area contributed by atoms with Gasteiger partial charge in [0.05, 0.1) is 0 Å². The molecule has 3 heteroatoms. The first-order valence-corrected chi connectivity index (χ1v) is 9.78. The summed E-state index contributed by atoms with van der Waals surface area (Å²) in [7, 11) is 0. The Kier molecular flexibility index (Phi) is 3.66. The molecule has 130 valence electrons. The average Bonchev–Trinajstić information content (AvgIpc) is 2.87. The molecule has 0 amide bonds. The largest absolute Gasteiger partial charge is 0.300 e. The van der Waals surface area contributed by atoms with Gasteiger partial charge in [-0.3, -0.25) is 9.59 Å². The third kappa shape index (κ3) is 2.08. The lowest BCUT2D eigenvalue weighted by Gasteiger charge is -2.56. The summed E-state index contributed by atoms with van der Waals surface area (Å²) in [6, 6.07) is 0. The van der Waals surface area contributed by atoms with Crippen molar-refractivity contribution in [2.75, 3.05) is 0 Å². The van der Waals surface area contributed by atoms with Crippen LogP contribution in [0.2, 0.25) is 0 Å². The van der Waals surface area contributed by atoms with Gasteiger partial charge >= 0.3 is 0 Å². The van der Waals surface area contributed by atoms with Crippen molar-refractivity contribution in [2.24, 2.45) is 34.5 Å². The number of carbonyl (C=O) groups is 2. The molecule has 6 unspecified atom stereocenters. The Morgan fingerprint density at radius 1 is 1.17 bits per heavy atom. The van der Waals surface area contributed by atoms with E-state index in [0.29, 0.717) is 30.0 Å². The fourth-order valence-electron chi connectivity index (χ4n) is 6.74. The molecule has 24 heavy (non-hydrogen) atoms. The van der Waals surface area contributed by atoms with E-state index in [9.17, 15) is 9.59 Å². The Labute approximate surface area is 149 Å². The third-order valence-electron chi connectivity index (χ3n) is 8.05. The smallest absolute Gasteiger partial charge is 0.156 e. The minimum absolute atomic E-state index is 0.0278. The highest BCUT2D eigenvalue weighted by Gasteiger charge is 2.59. The summed E-state index contributed by atoms with van der Waals surface area (Å²) in [6.07, 6.45) is 10.0. The number of fused-ring (bicyclic) bond motifs is 5. The van der Waals surface area contributed by atoms with Gasteiger partial charge in [-0.2, -0.15) is 0 Å². The maximum absolute atomic E-state index is 12.2. The summed E-state index contributed by atoms with van der Waals surface area (Å²) in [6.45, 7) is 6.42. The van der Waals surface area contributed by atoms with Crippen molar-refractivity contribution in [2.45, 2.75) is 59.3 Å². The van der Waals surface area contributed by atoms with Gasteiger partial charge in [-0.25, -0.2) is 0 Å². The molecule has 0 saturated heterocycles. The molecule has 0 spiro atoms. The van der Waals surface area contributed by atoms with E-state index in [0.717, 1.165) is 42.7 Å². The number of rotatable bonds is 1. The van der Waals surface area contributed by atoms with Gasteiger partial charge < -0.3 is 0 Å². The summed E-state index contributed by atoms with van der Waals surface area (Å²) < 4.78 is 0. The van der Waals surface area contributed by atoms with Crippen LogP contribution in [0.3, 0.4) is 0 Å². The summed E-state index contributed by atoms with van der Waals surface area (Å²) in [5.41, 5.74) is 1.23. The highest BCUT2D eigenvalue weighted by molar-refractivity contribution is 6.32. The van der Waals surface area contributed by atoms with Gasteiger partial charge in [0.1, 0.15) is 5.78 Å². The number of Topliss-reactive ketones (excluding diaryl/α,β-unsaturated/α-hetero) is 1. The Morgan fingerprint density at radius 2 is 1.92 bits per heavy atom. The summed E-state index contributed by atoms with van der Waals surface area (Å²) >= 11 is 6.67. The van der Waals surface area contributed by atoms with Crippen molar-refractivity contribution in [3.63, 3.8) is 0 Å². The number of ketones is 2. The predicted molar refractivity (Wildman–Crippen MR) is 95.6 cm³/mol. The predicted octanol–water partition coefficient (Wildman–Crippen LogP) is 5.07. The molecule has 4 aliphatic rings. The number of hydrogen-bond acceptors (Lipinski definition) is 2. The molecule has 0 heterocycles. The zero-order valence-corrected chi connectivity index (χ0v) is 15.7. The van der Waals surface area contributed by atoms with Crippen molar-refractivity contribution in [1.29, 1.82) is 0 Å². The van der Waals surface area contributed by atoms with Crippen LogP contribution in [0.5, 0.6) is 0 Å². The van der Waals surface area contributed by atoms with Crippen LogP contribution in [0.1, 0.15) is 59.3 Å². The number of hydrogen-bond donors (Lipinski definition) is 0. The van der Waals surface area contributed by atoms with Crippen molar-refractivity contribution >= 4 is 23.2 Å². The number of halogens is 1. The molecule has 0 N–H and O–H groups in total. The molecule has 6 atom stereocenters. The van der Waals surface area contributed by atoms with Crippen LogP contribution in [0, 0.1) is 34.5 Å². The first kappa shape index (κ1) is 16.6. The fraction of sp³-hybridized carbons (Fsp3) is 0.714. The maximum atomic E-state index is 12.2. The quantitative estimate of drug-likeness (QED) is 0.664. The van der Waals surface area contributed by atoms with E-state index in [2.05, 4.69) is 19.9 Å². The molecule has 0 aromatic heterocycles. The molecule has 0 aliphatic heterocycles. The monoisotopic (exact) mass is 346 g/mol. The van der Waals surface area contributed by atoms with E-state index < -0.39 is 0 Å². The van der Waals surface area contributed by atoms with Gasteiger partial charge in [0.2, 0.25) is 0 Å². The number of allylic oxidation sites excluding steroid dienone is 4. The second-order valence-electron chi connectivity index (χ2n) is 9.03. The Hall–Kier alpha value is -0.890. The van der Waals surface area contributed by atoms with Crippen LogP contribution in [-0.4, -0.2) is 11.6 Å². The fourth-order valence-corrected chi connectivity index (χ4v) is 7.16. The topological polar surface area (TPSA) is 34.1 Å². The lowest BCUT2D eigenvalue weighted by atomic mass is 9.48. The molecular weight excluding hydrogens is 320 g/mol. The Morgan fingerprint density at radius 3 is 2.62 bits per heavy atom. The van der Waals surface area contributed by atoms with Gasteiger partial charge in [0.15, 0.2) is 5.78 Å². The number of carbonyl (C=O) groups excluding carboxylic acids is 2. The zero-order valence-electron chi connectivity index (χ0n) is 14.9.